The van der Waals surface area contributed by atoms with Crippen molar-refractivity contribution >= 4 is 17.7 Å². The van der Waals surface area contributed by atoms with E-state index in [4.69, 9.17) is 0 Å². The van der Waals surface area contributed by atoms with Crippen molar-refractivity contribution in [2.45, 2.75) is 50.7 Å². The van der Waals surface area contributed by atoms with Crippen LogP contribution in [0.4, 0.5) is 22.0 Å². The first-order chi connectivity index (χ1) is 20.5. The Morgan fingerprint density at radius 1 is 0.953 bits per heavy atom. The van der Waals surface area contributed by atoms with E-state index in [1.165, 1.54) is 41.4 Å². The van der Waals surface area contributed by atoms with E-state index in [9.17, 15) is 31.9 Å². The van der Waals surface area contributed by atoms with Crippen molar-refractivity contribution in [3.8, 4) is 11.1 Å². The molecule has 3 amide bonds. The normalized spacial score (nSPS) is 19.5. The Morgan fingerprint density at radius 2 is 1.63 bits per heavy atom. The van der Waals surface area contributed by atoms with Gasteiger partial charge in [0.05, 0.1) is 23.1 Å². The topological polar surface area (TPSA) is 60.9 Å². The molecule has 2 atom stereocenters. The van der Waals surface area contributed by atoms with Crippen molar-refractivity contribution in [1.82, 2.24) is 14.9 Å². The molecule has 3 aliphatic rings. The average molecular weight is 598 g/mol. The molecule has 6 nitrogen and oxygen atoms in total. The van der Waals surface area contributed by atoms with E-state index in [1.807, 2.05) is 6.92 Å². The van der Waals surface area contributed by atoms with E-state index in [1.54, 1.807) is 12.1 Å². The minimum Gasteiger partial charge on any atom is -0.272 e. The number of nitrogens with zero attached hydrogens (tertiary/aromatic N) is 3. The summed E-state index contributed by atoms with van der Waals surface area (Å²) in [4.78, 5) is 41.5. The van der Waals surface area contributed by atoms with Crippen LogP contribution in [-0.4, -0.2) is 64.5 Å². The first-order valence-corrected chi connectivity index (χ1v) is 14.2. The first kappa shape index (κ1) is 29.0. The van der Waals surface area contributed by atoms with Crippen molar-refractivity contribution in [3.63, 3.8) is 0 Å². The van der Waals surface area contributed by atoms with Crippen LogP contribution in [0.3, 0.4) is 0 Å². The molecular formula is C32H28F5N3O3. The van der Waals surface area contributed by atoms with Crippen LogP contribution in [0.15, 0.2) is 54.6 Å². The van der Waals surface area contributed by atoms with E-state index in [0.717, 1.165) is 17.4 Å². The Morgan fingerprint density at radius 3 is 2.28 bits per heavy atom. The summed E-state index contributed by atoms with van der Waals surface area (Å²) in [5, 5.41) is 1.78. The number of imide groups is 1. The fourth-order valence-electron chi connectivity index (χ4n) is 6.57. The molecule has 2 heterocycles. The van der Waals surface area contributed by atoms with Gasteiger partial charge < -0.3 is 0 Å². The fraction of sp³-hybridized carbons (Fsp3) is 0.344. The van der Waals surface area contributed by atoms with Gasteiger partial charge in [-0.15, -0.1) is 0 Å². The zero-order valence-corrected chi connectivity index (χ0v) is 23.3. The monoisotopic (exact) mass is 597 g/mol. The molecule has 0 spiro atoms. The molecule has 1 aliphatic carbocycles. The van der Waals surface area contributed by atoms with E-state index in [2.05, 4.69) is 0 Å². The molecule has 43 heavy (non-hydrogen) atoms. The number of amides is 3. The highest BCUT2D eigenvalue weighted by molar-refractivity contribution is 6.21. The molecule has 3 aromatic carbocycles. The molecule has 0 bridgehead atoms. The largest absolute Gasteiger partial charge is 0.407 e. The number of carbonyl (C=O) groups excluding carboxylic acids is 3. The number of hydrogen-bond donors (Lipinski definition) is 0. The summed E-state index contributed by atoms with van der Waals surface area (Å²) in [7, 11) is 0. The molecule has 0 aromatic heterocycles. The van der Waals surface area contributed by atoms with Crippen LogP contribution in [0.2, 0.25) is 0 Å². The van der Waals surface area contributed by atoms with Gasteiger partial charge in [-0.1, -0.05) is 37.6 Å². The predicted molar refractivity (Wildman–Crippen MR) is 147 cm³/mol. The van der Waals surface area contributed by atoms with Crippen LogP contribution in [0.25, 0.3) is 11.1 Å². The highest BCUT2D eigenvalue weighted by Crippen LogP contribution is 2.49. The van der Waals surface area contributed by atoms with Gasteiger partial charge in [-0.05, 0) is 77.4 Å². The van der Waals surface area contributed by atoms with Crippen molar-refractivity contribution in [2.75, 3.05) is 19.6 Å². The van der Waals surface area contributed by atoms with Gasteiger partial charge in [-0.25, -0.2) is 13.8 Å². The number of unbranched alkanes of at least 4 members (excludes halogenated alkanes) is 1. The van der Waals surface area contributed by atoms with E-state index in [-0.39, 0.29) is 53.7 Å². The van der Waals surface area contributed by atoms with Crippen molar-refractivity contribution in [2.24, 2.45) is 0 Å². The second kappa shape index (κ2) is 10.9. The van der Waals surface area contributed by atoms with Crippen LogP contribution in [-0.2, 0) is 11.2 Å². The van der Waals surface area contributed by atoms with Gasteiger partial charge in [0.1, 0.15) is 18.2 Å². The highest BCUT2D eigenvalue weighted by atomic mass is 19.4. The molecule has 224 valence electrons. The third kappa shape index (κ3) is 4.99. The third-order valence-corrected chi connectivity index (χ3v) is 8.49. The number of hydrogen-bond acceptors (Lipinski definition) is 4. The quantitative estimate of drug-likeness (QED) is 0.244. The van der Waals surface area contributed by atoms with E-state index in [0.29, 0.717) is 22.6 Å². The highest BCUT2D eigenvalue weighted by Gasteiger charge is 2.48. The van der Waals surface area contributed by atoms with Crippen molar-refractivity contribution in [1.29, 1.82) is 0 Å². The number of alkyl halides is 3. The predicted octanol–water partition coefficient (Wildman–Crippen LogP) is 6.10. The summed E-state index contributed by atoms with van der Waals surface area (Å²) in [5.74, 6) is -4.67. The minimum atomic E-state index is -4.80. The standard InChI is InChI=1S/C32H28F5N3O3/c1-2-3-6-24-26(34)12-11-21-20-10-9-18(33)15-25(20)28(27(21)24)31(43)39(17-32(35,36)37)38-14-13-19(16-38)40-29(41)22-7-4-5-8-23(22)30(40)42/h4-5,7-12,15,19,28H,2-3,6,13-14,16-17H2,1H3. The van der Waals surface area contributed by atoms with Gasteiger partial charge in [0, 0.05) is 13.1 Å². The summed E-state index contributed by atoms with van der Waals surface area (Å²) < 4.78 is 71.8. The number of fused-ring (bicyclic) bond motifs is 4. The maximum absolute atomic E-state index is 15.2. The second-order valence-corrected chi connectivity index (χ2v) is 11.1. The molecule has 0 saturated carbocycles. The SMILES string of the molecule is CCCCc1c(F)ccc2c1C(C(=O)N(CC(F)(F)F)N1CCC(N3C(=O)c4ccccc4C3=O)C1)c1cc(F)ccc1-2. The molecule has 2 aliphatic heterocycles. The second-order valence-electron chi connectivity index (χ2n) is 11.1. The lowest BCUT2D eigenvalue weighted by Crippen LogP contribution is -2.52. The van der Waals surface area contributed by atoms with E-state index >= 15 is 4.39 Å². The van der Waals surface area contributed by atoms with Gasteiger partial charge in [-0.3, -0.25) is 24.3 Å². The Kier molecular flexibility index (Phi) is 7.32. The van der Waals surface area contributed by atoms with Crippen LogP contribution < -0.4 is 0 Å². The van der Waals surface area contributed by atoms with Crippen molar-refractivity contribution in [3.05, 3.63) is 94.0 Å². The molecule has 1 saturated heterocycles. The van der Waals surface area contributed by atoms with Gasteiger partial charge in [-0.2, -0.15) is 13.2 Å². The summed E-state index contributed by atoms with van der Waals surface area (Å²) >= 11 is 0. The third-order valence-electron chi connectivity index (χ3n) is 8.49. The Bertz CT molecular complexity index is 1600. The first-order valence-electron chi connectivity index (χ1n) is 14.2. The van der Waals surface area contributed by atoms with Gasteiger partial charge in [0.25, 0.3) is 11.8 Å². The van der Waals surface area contributed by atoms with Gasteiger partial charge in [0.2, 0.25) is 5.91 Å². The number of hydrazine groups is 1. The van der Waals surface area contributed by atoms with Gasteiger partial charge in [0.15, 0.2) is 0 Å². The Balaban J connectivity index is 1.37. The zero-order chi connectivity index (χ0) is 30.6. The maximum atomic E-state index is 15.2. The number of benzene rings is 3. The summed E-state index contributed by atoms with van der Waals surface area (Å²) in [5.41, 5.74) is 2.04. The van der Waals surface area contributed by atoms with Crippen LogP contribution in [0.1, 0.15) is 69.5 Å². The summed E-state index contributed by atoms with van der Waals surface area (Å²) in [6.45, 7) is 0.0316. The van der Waals surface area contributed by atoms with E-state index < -0.39 is 54.0 Å². The minimum absolute atomic E-state index is 0.0404. The molecule has 1 fully saturated rings. The zero-order valence-electron chi connectivity index (χ0n) is 23.3. The summed E-state index contributed by atoms with van der Waals surface area (Å²) in [6, 6.07) is 12.0. The van der Waals surface area contributed by atoms with Crippen LogP contribution in [0.5, 0.6) is 0 Å². The smallest absolute Gasteiger partial charge is 0.272 e. The van der Waals surface area contributed by atoms with Gasteiger partial charge >= 0.3 is 6.18 Å². The average Bonchev–Trinajstić information content (AvgIpc) is 3.63. The lowest BCUT2D eigenvalue weighted by atomic mass is 9.89. The molecule has 6 rings (SSSR count). The van der Waals surface area contributed by atoms with Crippen LogP contribution >= 0.6 is 0 Å². The number of rotatable bonds is 7. The molecule has 11 heteroatoms. The Labute approximate surface area is 244 Å². The maximum Gasteiger partial charge on any atom is 0.407 e. The van der Waals surface area contributed by atoms with Crippen molar-refractivity contribution < 1.29 is 36.3 Å². The molecule has 3 aromatic rings. The summed E-state index contributed by atoms with van der Waals surface area (Å²) in [6.07, 6.45) is -3.09. The molecule has 2 unspecified atom stereocenters. The number of halogens is 5. The van der Waals surface area contributed by atoms with Crippen LogP contribution in [0, 0.1) is 11.6 Å². The Hall–Kier alpha value is -4.12. The molecular weight excluding hydrogens is 569 g/mol. The number of carbonyl (C=O) groups is 3. The fourth-order valence-corrected chi connectivity index (χ4v) is 6.57. The molecule has 0 N–H and O–H groups in total. The lowest BCUT2D eigenvalue weighted by Gasteiger charge is -2.35. The molecule has 0 radical (unpaired) electrons. The lowest BCUT2D eigenvalue weighted by molar-refractivity contribution is -0.189.